The average molecular weight is 355 g/mol. The van der Waals surface area contributed by atoms with E-state index in [1.165, 1.54) is 0 Å². The number of likely N-dealkylation sites (tertiary alicyclic amines) is 1. The van der Waals surface area contributed by atoms with Crippen molar-refractivity contribution in [3.63, 3.8) is 0 Å². The quantitative estimate of drug-likeness (QED) is 0.873. The topological polar surface area (TPSA) is 84.8 Å². The van der Waals surface area contributed by atoms with E-state index in [1.807, 2.05) is 24.3 Å². The number of nitrogens with zero attached hydrogens (tertiary/aromatic N) is 3. The van der Waals surface area contributed by atoms with Crippen molar-refractivity contribution in [2.45, 2.75) is 19.1 Å². The van der Waals surface area contributed by atoms with E-state index in [0.29, 0.717) is 32.1 Å². The number of benzene rings is 1. The van der Waals surface area contributed by atoms with Crippen molar-refractivity contribution < 1.29 is 19.4 Å². The van der Waals surface area contributed by atoms with E-state index in [-0.39, 0.29) is 12.5 Å². The Morgan fingerprint density at radius 1 is 1.38 bits per heavy atom. The second kappa shape index (κ2) is 6.66. The largest absolute Gasteiger partial charge is 0.492 e. The standard InChI is InChI=1S/C19H21N3O4/c1-25-10-17-20-6-13(7-21-17)8-22-9-15-14-4-2-3-5-16(14)26-12-19(15,11-22)18(23)24/h2-7,15H,8-12H2,1H3,(H,23,24)/t15?,19-/m1/s1. The maximum atomic E-state index is 12.1. The summed E-state index contributed by atoms with van der Waals surface area (Å²) >= 11 is 0. The van der Waals surface area contributed by atoms with Crippen LogP contribution in [-0.4, -0.2) is 52.7 Å². The highest BCUT2D eigenvalue weighted by Gasteiger charge is 2.56. The van der Waals surface area contributed by atoms with Crippen molar-refractivity contribution >= 4 is 5.97 Å². The third-order valence-electron chi connectivity index (χ3n) is 5.26. The van der Waals surface area contributed by atoms with Gasteiger partial charge in [0.2, 0.25) is 0 Å². The lowest BCUT2D eigenvalue weighted by molar-refractivity contribution is -0.151. The minimum Gasteiger partial charge on any atom is -0.492 e. The summed E-state index contributed by atoms with van der Waals surface area (Å²) in [5, 5.41) is 9.96. The fourth-order valence-electron chi connectivity index (χ4n) is 3.98. The predicted molar refractivity (Wildman–Crippen MR) is 92.8 cm³/mol. The first kappa shape index (κ1) is 16.9. The molecule has 0 bridgehead atoms. The highest BCUT2D eigenvalue weighted by atomic mass is 16.5. The van der Waals surface area contributed by atoms with Gasteiger partial charge in [0.05, 0.1) is 0 Å². The van der Waals surface area contributed by atoms with Gasteiger partial charge in [-0.1, -0.05) is 18.2 Å². The van der Waals surface area contributed by atoms with Crippen molar-refractivity contribution in [1.29, 1.82) is 0 Å². The Morgan fingerprint density at radius 3 is 2.88 bits per heavy atom. The number of aliphatic carboxylic acids is 1. The monoisotopic (exact) mass is 355 g/mol. The van der Waals surface area contributed by atoms with Crippen LogP contribution in [0.2, 0.25) is 0 Å². The van der Waals surface area contributed by atoms with Gasteiger partial charge in [-0.05, 0) is 11.6 Å². The highest BCUT2D eigenvalue weighted by molar-refractivity contribution is 5.78. The van der Waals surface area contributed by atoms with Gasteiger partial charge in [-0.2, -0.15) is 0 Å². The number of fused-ring (bicyclic) bond motifs is 3. The number of ether oxygens (including phenoxy) is 2. The summed E-state index contributed by atoms with van der Waals surface area (Å²) in [6.45, 7) is 2.31. The third-order valence-corrected chi connectivity index (χ3v) is 5.26. The molecule has 136 valence electrons. The fraction of sp³-hybridized carbons (Fsp3) is 0.421. The molecule has 7 heteroatoms. The lowest BCUT2D eigenvalue weighted by atomic mass is 9.73. The first-order chi connectivity index (χ1) is 12.6. The number of para-hydroxylation sites is 1. The van der Waals surface area contributed by atoms with Crippen LogP contribution in [-0.2, 0) is 22.7 Å². The average Bonchev–Trinajstić information content (AvgIpc) is 3.04. The summed E-state index contributed by atoms with van der Waals surface area (Å²) in [5.41, 5.74) is 1.03. The number of carboxylic acids is 1. The number of hydrogen-bond donors (Lipinski definition) is 1. The van der Waals surface area contributed by atoms with E-state index in [4.69, 9.17) is 9.47 Å². The van der Waals surface area contributed by atoms with Crippen molar-refractivity contribution in [3.8, 4) is 5.75 Å². The Morgan fingerprint density at radius 2 is 2.15 bits per heavy atom. The summed E-state index contributed by atoms with van der Waals surface area (Å²) in [6, 6.07) is 7.73. The molecule has 1 aromatic heterocycles. The van der Waals surface area contributed by atoms with Crippen LogP contribution in [0.5, 0.6) is 5.75 Å². The molecule has 0 radical (unpaired) electrons. The molecule has 26 heavy (non-hydrogen) atoms. The van der Waals surface area contributed by atoms with Crippen LogP contribution < -0.4 is 4.74 Å². The minimum absolute atomic E-state index is 0.0846. The van der Waals surface area contributed by atoms with Gasteiger partial charge in [-0.25, -0.2) is 9.97 Å². The van der Waals surface area contributed by atoms with Crippen LogP contribution in [0.15, 0.2) is 36.7 Å². The summed E-state index contributed by atoms with van der Waals surface area (Å²) < 4.78 is 10.8. The molecule has 1 unspecified atom stereocenters. The summed E-state index contributed by atoms with van der Waals surface area (Å²) in [6.07, 6.45) is 3.56. The first-order valence-electron chi connectivity index (χ1n) is 8.58. The Bertz CT molecular complexity index is 811. The van der Waals surface area contributed by atoms with Crippen molar-refractivity contribution in [2.75, 3.05) is 26.8 Å². The van der Waals surface area contributed by atoms with Crippen LogP contribution >= 0.6 is 0 Å². The van der Waals surface area contributed by atoms with E-state index in [1.54, 1.807) is 19.5 Å². The molecule has 0 saturated carbocycles. The molecule has 2 aliphatic heterocycles. The van der Waals surface area contributed by atoms with Crippen molar-refractivity contribution in [3.05, 3.63) is 53.6 Å². The van der Waals surface area contributed by atoms with Crippen molar-refractivity contribution in [2.24, 2.45) is 5.41 Å². The minimum atomic E-state index is -0.912. The molecule has 4 rings (SSSR count). The van der Waals surface area contributed by atoms with E-state index in [2.05, 4.69) is 14.9 Å². The van der Waals surface area contributed by atoms with E-state index in [9.17, 15) is 9.90 Å². The Hall–Kier alpha value is -2.51. The first-order valence-corrected chi connectivity index (χ1v) is 8.58. The zero-order chi connectivity index (χ0) is 18.1. The Labute approximate surface area is 151 Å². The number of carbonyl (C=O) groups is 1. The molecule has 3 heterocycles. The molecule has 0 amide bonds. The SMILES string of the molecule is COCc1ncc(CN2CC3c4ccccc4OC[C@]3(C(=O)O)C2)cn1. The predicted octanol–water partition coefficient (Wildman–Crippen LogP) is 1.69. The number of carboxylic acid groups (broad SMARTS) is 1. The number of methoxy groups -OCH3 is 1. The molecule has 1 aromatic carbocycles. The molecule has 2 aromatic rings. The molecular weight excluding hydrogens is 334 g/mol. The Kier molecular flexibility index (Phi) is 4.34. The van der Waals surface area contributed by atoms with Crippen LogP contribution in [0.1, 0.15) is 22.9 Å². The lowest BCUT2D eigenvalue weighted by Gasteiger charge is -2.35. The van der Waals surface area contributed by atoms with Gasteiger partial charge in [-0.3, -0.25) is 9.69 Å². The highest BCUT2D eigenvalue weighted by Crippen LogP contribution is 2.49. The van der Waals surface area contributed by atoms with Gasteiger partial charge < -0.3 is 14.6 Å². The normalized spacial score (nSPS) is 24.6. The molecular formula is C19H21N3O4. The number of aromatic nitrogens is 2. The van der Waals surface area contributed by atoms with Gasteiger partial charge in [0.1, 0.15) is 24.4 Å². The maximum absolute atomic E-state index is 12.1. The number of hydrogen-bond acceptors (Lipinski definition) is 6. The summed E-state index contributed by atoms with van der Waals surface area (Å²) in [7, 11) is 1.61. The Balaban J connectivity index is 1.57. The zero-order valence-corrected chi connectivity index (χ0v) is 14.6. The molecule has 1 saturated heterocycles. The second-order valence-electron chi connectivity index (χ2n) is 6.95. The molecule has 7 nitrogen and oxygen atoms in total. The fourth-order valence-corrected chi connectivity index (χ4v) is 3.98. The lowest BCUT2D eigenvalue weighted by Crippen LogP contribution is -2.45. The van der Waals surface area contributed by atoms with E-state index in [0.717, 1.165) is 16.9 Å². The molecule has 1 N–H and O–H groups in total. The van der Waals surface area contributed by atoms with Gasteiger partial charge in [0.15, 0.2) is 5.82 Å². The van der Waals surface area contributed by atoms with E-state index < -0.39 is 11.4 Å². The van der Waals surface area contributed by atoms with Gasteiger partial charge in [-0.15, -0.1) is 0 Å². The zero-order valence-electron chi connectivity index (χ0n) is 14.6. The van der Waals surface area contributed by atoms with Gasteiger partial charge in [0, 0.05) is 50.6 Å². The van der Waals surface area contributed by atoms with Gasteiger partial charge in [0.25, 0.3) is 0 Å². The maximum Gasteiger partial charge on any atom is 0.315 e. The van der Waals surface area contributed by atoms with Crippen LogP contribution in [0.4, 0.5) is 0 Å². The molecule has 2 aliphatic rings. The third kappa shape index (κ3) is 2.83. The second-order valence-corrected chi connectivity index (χ2v) is 6.95. The van der Waals surface area contributed by atoms with Gasteiger partial charge >= 0.3 is 5.97 Å². The van der Waals surface area contributed by atoms with E-state index >= 15 is 0 Å². The number of rotatable bonds is 5. The molecule has 0 aliphatic carbocycles. The van der Waals surface area contributed by atoms with Crippen LogP contribution in [0, 0.1) is 5.41 Å². The van der Waals surface area contributed by atoms with Crippen LogP contribution in [0.3, 0.4) is 0 Å². The summed E-state index contributed by atoms with van der Waals surface area (Å²) in [5.74, 6) is 0.545. The molecule has 0 spiro atoms. The smallest absolute Gasteiger partial charge is 0.315 e. The summed E-state index contributed by atoms with van der Waals surface area (Å²) in [4.78, 5) is 22.9. The van der Waals surface area contributed by atoms with Crippen molar-refractivity contribution in [1.82, 2.24) is 14.9 Å². The molecule has 1 fully saturated rings. The molecule has 2 atom stereocenters. The van der Waals surface area contributed by atoms with Crippen LogP contribution in [0.25, 0.3) is 0 Å².